The molecule has 8 nitrogen and oxygen atoms in total. The van der Waals surface area contributed by atoms with Crippen molar-refractivity contribution in [2.45, 2.75) is 6.92 Å². The summed E-state index contributed by atoms with van der Waals surface area (Å²) in [5.41, 5.74) is -2.06. The number of aromatic amines is 1. The molecule has 0 saturated heterocycles. The SMILES string of the molecule is CC(=O)n1c(=O)[nH]c2c1c(=O)n(C)c(=O)n2C. The molecule has 2 heterocycles. The Bertz CT molecular complexity index is 801. The predicted molar refractivity (Wildman–Crippen MR) is 59.3 cm³/mol. The van der Waals surface area contributed by atoms with Crippen molar-refractivity contribution in [2.75, 3.05) is 0 Å². The van der Waals surface area contributed by atoms with Crippen LogP contribution < -0.4 is 16.9 Å². The third-order valence-electron chi connectivity index (χ3n) is 2.61. The normalized spacial score (nSPS) is 11.0. The van der Waals surface area contributed by atoms with Crippen molar-refractivity contribution in [2.24, 2.45) is 14.1 Å². The molecule has 1 N–H and O–H groups in total. The second-order valence-corrected chi connectivity index (χ2v) is 3.69. The Morgan fingerprint density at radius 3 is 2.24 bits per heavy atom. The van der Waals surface area contributed by atoms with E-state index in [0.29, 0.717) is 0 Å². The largest absolute Gasteiger partial charge is 0.334 e. The molecule has 2 aromatic heterocycles. The van der Waals surface area contributed by atoms with E-state index in [1.807, 2.05) is 0 Å². The van der Waals surface area contributed by atoms with Gasteiger partial charge in [0.25, 0.3) is 5.56 Å². The summed E-state index contributed by atoms with van der Waals surface area (Å²) in [7, 11) is 2.69. The molecule has 90 valence electrons. The molecule has 0 atom stereocenters. The molecule has 0 saturated carbocycles. The number of hydrogen-bond donors (Lipinski definition) is 1. The molecule has 2 rings (SSSR count). The highest BCUT2D eigenvalue weighted by atomic mass is 16.2. The first-order chi connectivity index (χ1) is 7.86. The molecule has 0 unspecified atom stereocenters. The highest BCUT2D eigenvalue weighted by Gasteiger charge is 2.18. The fourth-order valence-electron chi connectivity index (χ4n) is 1.73. The smallest absolute Gasteiger partial charge is 0.291 e. The third-order valence-corrected chi connectivity index (χ3v) is 2.61. The number of carbonyl (C=O) groups is 1. The molecule has 17 heavy (non-hydrogen) atoms. The maximum atomic E-state index is 11.9. The molecule has 0 bridgehead atoms. The molecule has 0 amide bonds. The Hall–Kier alpha value is -2.38. The maximum Gasteiger partial charge on any atom is 0.334 e. The Labute approximate surface area is 93.7 Å². The van der Waals surface area contributed by atoms with Gasteiger partial charge in [-0.05, 0) is 0 Å². The van der Waals surface area contributed by atoms with Gasteiger partial charge in [0, 0.05) is 21.0 Å². The highest BCUT2D eigenvalue weighted by molar-refractivity contribution is 5.86. The van der Waals surface area contributed by atoms with Gasteiger partial charge in [0.05, 0.1) is 0 Å². The lowest BCUT2D eigenvalue weighted by atomic mass is 10.5. The molecule has 0 aliphatic carbocycles. The summed E-state index contributed by atoms with van der Waals surface area (Å²) in [6.07, 6.45) is 0. The molecule has 8 heteroatoms. The number of aromatic nitrogens is 4. The zero-order chi connectivity index (χ0) is 12.9. The summed E-state index contributed by atoms with van der Waals surface area (Å²) >= 11 is 0. The number of rotatable bonds is 0. The van der Waals surface area contributed by atoms with Gasteiger partial charge in [0.15, 0.2) is 5.52 Å². The van der Waals surface area contributed by atoms with E-state index in [-0.39, 0.29) is 11.2 Å². The fourth-order valence-corrected chi connectivity index (χ4v) is 1.73. The Morgan fingerprint density at radius 2 is 1.71 bits per heavy atom. The van der Waals surface area contributed by atoms with Gasteiger partial charge in [-0.25, -0.2) is 14.2 Å². The van der Waals surface area contributed by atoms with Crippen LogP contribution in [0.1, 0.15) is 11.7 Å². The zero-order valence-electron chi connectivity index (χ0n) is 9.47. The molecule has 2 aromatic rings. The number of carbonyl (C=O) groups excluding carboxylic acids is 1. The van der Waals surface area contributed by atoms with E-state index < -0.39 is 22.8 Å². The van der Waals surface area contributed by atoms with Crippen molar-refractivity contribution < 1.29 is 4.79 Å². The quantitative estimate of drug-likeness (QED) is 0.596. The van der Waals surface area contributed by atoms with Crippen molar-refractivity contribution in [3.05, 3.63) is 31.3 Å². The third kappa shape index (κ3) is 1.30. The first-order valence-corrected chi connectivity index (χ1v) is 4.78. The Balaban J connectivity index is 3.25. The number of nitrogens with zero attached hydrogens (tertiary/aromatic N) is 3. The lowest BCUT2D eigenvalue weighted by Gasteiger charge is -2.03. The van der Waals surface area contributed by atoms with Gasteiger partial charge in [-0.2, -0.15) is 0 Å². The van der Waals surface area contributed by atoms with E-state index in [0.717, 1.165) is 13.7 Å². The number of fused-ring (bicyclic) bond motifs is 1. The number of nitrogens with one attached hydrogen (secondary N) is 1. The predicted octanol–water partition coefficient (Wildman–Crippen LogP) is -1.61. The average Bonchev–Trinajstić information content (AvgIpc) is 2.61. The van der Waals surface area contributed by atoms with Crippen molar-refractivity contribution in [1.82, 2.24) is 18.7 Å². The van der Waals surface area contributed by atoms with Crippen LogP contribution in [0.3, 0.4) is 0 Å². The van der Waals surface area contributed by atoms with Crippen molar-refractivity contribution in [3.8, 4) is 0 Å². The number of hydrogen-bond acceptors (Lipinski definition) is 4. The minimum Gasteiger partial charge on any atom is -0.291 e. The van der Waals surface area contributed by atoms with Gasteiger partial charge >= 0.3 is 11.4 Å². The Morgan fingerprint density at radius 1 is 1.12 bits per heavy atom. The van der Waals surface area contributed by atoms with Gasteiger partial charge in [0.2, 0.25) is 5.91 Å². The van der Waals surface area contributed by atoms with E-state index in [1.54, 1.807) is 0 Å². The molecular formula is C9H10N4O4. The first-order valence-electron chi connectivity index (χ1n) is 4.78. The molecule has 0 aliphatic heterocycles. The zero-order valence-corrected chi connectivity index (χ0v) is 9.47. The number of aryl methyl sites for hydroxylation is 1. The number of imidazole rings is 1. The van der Waals surface area contributed by atoms with Gasteiger partial charge < -0.3 is 0 Å². The van der Waals surface area contributed by atoms with Crippen molar-refractivity contribution in [3.63, 3.8) is 0 Å². The van der Waals surface area contributed by atoms with Crippen molar-refractivity contribution >= 4 is 17.1 Å². The molecule has 0 aliphatic rings. The van der Waals surface area contributed by atoms with E-state index in [4.69, 9.17) is 0 Å². The summed E-state index contributed by atoms with van der Waals surface area (Å²) in [4.78, 5) is 48.6. The van der Waals surface area contributed by atoms with Crippen LogP contribution in [-0.4, -0.2) is 24.6 Å². The van der Waals surface area contributed by atoms with Crippen LogP contribution in [0.2, 0.25) is 0 Å². The van der Waals surface area contributed by atoms with Crippen LogP contribution in [0.4, 0.5) is 0 Å². The second-order valence-electron chi connectivity index (χ2n) is 3.69. The van der Waals surface area contributed by atoms with Crippen LogP contribution >= 0.6 is 0 Å². The molecule has 0 spiro atoms. The van der Waals surface area contributed by atoms with Gasteiger partial charge in [-0.15, -0.1) is 0 Å². The summed E-state index contributed by atoms with van der Waals surface area (Å²) in [6, 6.07) is 0. The first kappa shape index (κ1) is 11.1. The van der Waals surface area contributed by atoms with Crippen LogP contribution in [0.5, 0.6) is 0 Å². The second kappa shape index (κ2) is 3.30. The maximum absolute atomic E-state index is 11.9. The topological polar surface area (TPSA) is 98.9 Å². The highest BCUT2D eigenvalue weighted by Crippen LogP contribution is 2.00. The summed E-state index contributed by atoms with van der Waals surface area (Å²) in [5.74, 6) is -0.586. The van der Waals surface area contributed by atoms with E-state index >= 15 is 0 Å². The number of H-pyrrole nitrogens is 1. The molecule has 0 fully saturated rings. The average molecular weight is 238 g/mol. The van der Waals surface area contributed by atoms with Crippen LogP contribution in [0, 0.1) is 0 Å². The van der Waals surface area contributed by atoms with Gasteiger partial charge in [0.1, 0.15) is 5.65 Å². The molecule has 0 radical (unpaired) electrons. The summed E-state index contributed by atoms with van der Waals surface area (Å²) < 4.78 is 2.67. The summed E-state index contributed by atoms with van der Waals surface area (Å²) in [5, 5.41) is 0. The molecular weight excluding hydrogens is 228 g/mol. The van der Waals surface area contributed by atoms with Crippen LogP contribution in [0.15, 0.2) is 14.4 Å². The summed E-state index contributed by atoms with van der Waals surface area (Å²) in [6.45, 7) is 1.17. The fraction of sp³-hybridized carbons (Fsp3) is 0.333. The minimum absolute atomic E-state index is 0.0401. The van der Waals surface area contributed by atoms with Gasteiger partial charge in [-0.3, -0.25) is 23.7 Å². The van der Waals surface area contributed by atoms with Crippen LogP contribution in [-0.2, 0) is 14.1 Å². The lowest BCUT2D eigenvalue weighted by molar-refractivity contribution is 0.0937. The monoisotopic (exact) mass is 238 g/mol. The Kier molecular flexibility index (Phi) is 2.16. The minimum atomic E-state index is -0.731. The van der Waals surface area contributed by atoms with E-state index in [1.165, 1.54) is 21.0 Å². The van der Waals surface area contributed by atoms with Gasteiger partial charge in [-0.1, -0.05) is 0 Å². The lowest BCUT2D eigenvalue weighted by Crippen LogP contribution is -2.38. The standard InChI is InChI=1S/C9H10N4O4/c1-4(14)13-5-6(10-8(13)16)11(2)9(17)12(3)7(5)15/h1-3H3,(H,10,16). The van der Waals surface area contributed by atoms with E-state index in [9.17, 15) is 19.2 Å². The van der Waals surface area contributed by atoms with Crippen molar-refractivity contribution in [1.29, 1.82) is 0 Å². The molecule has 0 aromatic carbocycles. The van der Waals surface area contributed by atoms with E-state index in [2.05, 4.69) is 4.98 Å². The van der Waals surface area contributed by atoms with Crippen LogP contribution in [0.25, 0.3) is 11.2 Å².